The summed E-state index contributed by atoms with van der Waals surface area (Å²) in [5.74, 6) is 0. The first-order valence-electron chi connectivity index (χ1n) is 6.14. The minimum atomic E-state index is -2.02. The van der Waals surface area contributed by atoms with Gasteiger partial charge in [-0.05, 0) is 24.9 Å². The summed E-state index contributed by atoms with van der Waals surface area (Å²) in [6, 6.07) is 15.2. The minimum absolute atomic E-state index is 0.383. The lowest BCUT2D eigenvalue weighted by Gasteiger charge is -2.02. The van der Waals surface area contributed by atoms with Crippen LogP contribution in [0, 0.1) is 13.8 Å². The number of hydrogen-bond donors (Lipinski definition) is 0. The Morgan fingerprint density at radius 3 is 1.57 bits per heavy atom. The highest BCUT2D eigenvalue weighted by molar-refractivity contribution is 5.63. The molecule has 70 valence electrons. The lowest BCUT2D eigenvalue weighted by Crippen LogP contribution is -1.78. The molecule has 0 aromatic heterocycles. The zero-order chi connectivity index (χ0) is 12.5. The molecule has 0 nitrogen and oxygen atoms in total. The highest BCUT2D eigenvalue weighted by Crippen LogP contribution is 2.19. The molecule has 0 saturated heterocycles. The fourth-order valence-corrected chi connectivity index (χ4v) is 1.41. The maximum absolute atomic E-state index is 7.31. The fourth-order valence-electron chi connectivity index (χ4n) is 1.41. The molecule has 0 bridgehead atoms. The molecule has 0 aliphatic rings. The molecule has 2 rings (SSSR count). The molecule has 0 unspecified atom stereocenters. The summed E-state index contributed by atoms with van der Waals surface area (Å²) in [7, 11) is 0. The third kappa shape index (κ3) is 1.85. The number of rotatable bonds is 1. The normalized spacial score (nSPS) is 14.2. The molecule has 0 radical (unpaired) electrons. The quantitative estimate of drug-likeness (QED) is 0.630. The van der Waals surface area contributed by atoms with E-state index in [0.29, 0.717) is 5.56 Å². The Kier molecular flexibility index (Phi) is 1.58. The van der Waals surface area contributed by atoms with E-state index in [9.17, 15) is 0 Å². The average molecular weight is 185 g/mol. The molecule has 0 aliphatic heterocycles. The predicted octanol–water partition coefficient (Wildman–Crippen LogP) is 3.97. The summed E-state index contributed by atoms with van der Waals surface area (Å²) in [5.41, 5.74) is 3.74. The van der Waals surface area contributed by atoms with Gasteiger partial charge in [-0.3, -0.25) is 0 Å². The maximum Gasteiger partial charge on any atom is 0.0280 e. The second-order valence-corrected chi connectivity index (χ2v) is 3.44. The first kappa shape index (κ1) is 6.02. The molecule has 0 atom stereocenters. The number of aryl methyl sites for hydroxylation is 2. The highest BCUT2D eigenvalue weighted by atomic mass is 14.0. The van der Waals surface area contributed by atoms with Crippen molar-refractivity contribution in [1.29, 1.82) is 0 Å². The Balaban J connectivity index is 2.33. The van der Waals surface area contributed by atoms with Gasteiger partial charge in [-0.15, -0.1) is 0 Å². The molecule has 0 N–H and O–H groups in total. The third-order valence-corrected chi connectivity index (χ3v) is 2.27. The van der Waals surface area contributed by atoms with Crippen molar-refractivity contribution in [2.45, 2.75) is 13.8 Å². The van der Waals surface area contributed by atoms with Crippen molar-refractivity contribution in [2.24, 2.45) is 0 Å². The van der Waals surface area contributed by atoms with Gasteiger partial charge in [-0.25, -0.2) is 0 Å². The van der Waals surface area contributed by atoms with Crippen LogP contribution in [0.3, 0.4) is 0 Å². The lowest BCUT2D eigenvalue weighted by atomic mass is 10.0. The van der Waals surface area contributed by atoms with Crippen LogP contribution in [0.4, 0.5) is 0 Å². The SMILES string of the molecule is [2H]C([2H])([2H])c1ccc(-c2ccc(C)cc2)cc1. The van der Waals surface area contributed by atoms with Gasteiger partial charge in [0.2, 0.25) is 0 Å². The van der Waals surface area contributed by atoms with E-state index in [4.69, 9.17) is 4.11 Å². The summed E-state index contributed by atoms with van der Waals surface area (Å²) in [5, 5.41) is 0. The summed E-state index contributed by atoms with van der Waals surface area (Å²) >= 11 is 0. The molecule has 0 heterocycles. The lowest BCUT2D eigenvalue weighted by molar-refractivity contribution is 1.45. The zero-order valence-corrected chi connectivity index (χ0v) is 8.12. The van der Waals surface area contributed by atoms with E-state index in [1.165, 1.54) is 5.56 Å². The van der Waals surface area contributed by atoms with Gasteiger partial charge in [0, 0.05) is 4.11 Å². The molecule has 14 heavy (non-hydrogen) atoms. The molecular formula is C14H14. The molecular weight excluding hydrogens is 168 g/mol. The average Bonchev–Trinajstić information content (AvgIpc) is 2.29. The van der Waals surface area contributed by atoms with Crippen molar-refractivity contribution >= 4 is 0 Å². The van der Waals surface area contributed by atoms with Crippen LogP contribution in [0.25, 0.3) is 11.1 Å². The molecule has 0 aliphatic carbocycles. The summed E-state index contributed by atoms with van der Waals surface area (Å²) < 4.78 is 21.9. The Morgan fingerprint density at radius 1 is 0.714 bits per heavy atom. The standard InChI is InChI=1S/C14H14/c1-11-3-7-13(8-4-11)14-9-5-12(2)6-10-14/h3-10H,1-2H3/i1D3. The smallest absolute Gasteiger partial charge is 0.0280 e. The van der Waals surface area contributed by atoms with Crippen LogP contribution in [0.2, 0.25) is 0 Å². The van der Waals surface area contributed by atoms with Crippen molar-refractivity contribution in [1.82, 2.24) is 0 Å². The minimum Gasteiger partial charge on any atom is -0.0587 e. The molecule has 2 aromatic rings. The fraction of sp³-hybridized carbons (Fsp3) is 0.143. The Labute approximate surface area is 89.4 Å². The molecule has 0 amide bonds. The predicted molar refractivity (Wildman–Crippen MR) is 61.4 cm³/mol. The van der Waals surface area contributed by atoms with Gasteiger partial charge in [-0.2, -0.15) is 0 Å². The van der Waals surface area contributed by atoms with E-state index < -0.39 is 6.85 Å². The van der Waals surface area contributed by atoms with Gasteiger partial charge in [0.1, 0.15) is 0 Å². The van der Waals surface area contributed by atoms with E-state index >= 15 is 0 Å². The van der Waals surface area contributed by atoms with Crippen LogP contribution in [0.15, 0.2) is 48.5 Å². The largest absolute Gasteiger partial charge is 0.0587 e. The number of hydrogen-bond acceptors (Lipinski definition) is 0. The molecule has 0 heteroatoms. The van der Waals surface area contributed by atoms with Crippen molar-refractivity contribution < 1.29 is 4.11 Å². The van der Waals surface area contributed by atoms with Crippen molar-refractivity contribution in [2.75, 3.05) is 0 Å². The van der Waals surface area contributed by atoms with Crippen molar-refractivity contribution in [3.05, 3.63) is 59.7 Å². The van der Waals surface area contributed by atoms with E-state index in [-0.39, 0.29) is 0 Å². The molecule has 0 spiro atoms. The van der Waals surface area contributed by atoms with Gasteiger partial charge in [0.05, 0.1) is 0 Å². The van der Waals surface area contributed by atoms with E-state index in [2.05, 4.69) is 0 Å². The summed E-state index contributed by atoms with van der Waals surface area (Å²) in [4.78, 5) is 0. The Bertz CT molecular complexity index is 492. The van der Waals surface area contributed by atoms with Gasteiger partial charge in [0.15, 0.2) is 0 Å². The first-order valence-corrected chi connectivity index (χ1v) is 4.64. The van der Waals surface area contributed by atoms with Gasteiger partial charge < -0.3 is 0 Å². The van der Waals surface area contributed by atoms with E-state index in [0.717, 1.165) is 11.1 Å². The topological polar surface area (TPSA) is 0 Å². The highest BCUT2D eigenvalue weighted by Gasteiger charge is 1.95. The van der Waals surface area contributed by atoms with Gasteiger partial charge >= 0.3 is 0 Å². The summed E-state index contributed by atoms with van der Waals surface area (Å²) in [6.07, 6.45) is 0. The van der Waals surface area contributed by atoms with Crippen molar-refractivity contribution in [3.63, 3.8) is 0 Å². The second kappa shape index (κ2) is 3.67. The van der Waals surface area contributed by atoms with Crippen LogP contribution >= 0.6 is 0 Å². The third-order valence-electron chi connectivity index (χ3n) is 2.27. The van der Waals surface area contributed by atoms with Gasteiger partial charge in [0.25, 0.3) is 0 Å². The van der Waals surface area contributed by atoms with Crippen LogP contribution < -0.4 is 0 Å². The summed E-state index contributed by atoms with van der Waals surface area (Å²) in [6.45, 7) is 0.0211. The maximum atomic E-state index is 7.31. The molecule has 0 saturated carbocycles. The van der Waals surface area contributed by atoms with Crippen LogP contribution in [-0.4, -0.2) is 0 Å². The van der Waals surface area contributed by atoms with Crippen LogP contribution in [-0.2, 0) is 0 Å². The monoisotopic (exact) mass is 185 g/mol. The molecule has 0 fully saturated rings. The Hall–Kier alpha value is -1.56. The molecule has 2 aromatic carbocycles. The zero-order valence-electron chi connectivity index (χ0n) is 11.1. The van der Waals surface area contributed by atoms with Crippen LogP contribution in [0.1, 0.15) is 15.2 Å². The second-order valence-electron chi connectivity index (χ2n) is 3.44. The van der Waals surface area contributed by atoms with E-state index in [1.54, 1.807) is 12.1 Å². The van der Waals surface area contributed by atoms with Crippen LogP contribution in [0.5, 0.6) is 0 Å². The number of benzene rings is 2. The van der Waals surface area contributed by atoms with Crippen molar-refractivity contribution in [3.8, 4) is 11.1 Å². The first-order chi connectivity index (χ1) is 7.97. The van der Waals surface area contributed by atoms with E-state index in [1.807, 2.05) is 43.3 Å². The van der Waals surface area contributed by atoms with Gasteiger partial charge in [-0.1, -0.05) is 59.7 Å². The Morgan fingerprint density at radius 2 is 1.14 bits per heavy atom.